The van der Waals surface area contributed by atoms with Crippen LogP contribution in [-0.4, -0.2) is 42.4 Å². The standard InChI is InChI=1S/C18H25NO3/c1-19-15-6-3-7-16(19)12-18(20,11-15)14-5-2-4-13(10-14)17-21-8-9-22-17/h2,4-5,10,15-17,20H,3,6-9,11-12H2,1H3. The fourth-order valence-electron chi connectivity index (χ4n) is 4.41. The maximum atomic E-state index is 11.3. The summed E-state index contributed by atoms with van der Waals surface area (Å²) in [5.41, 5.74) is 1.33. The van der Waals surface area contributed by atoms with Crippen molar-refractivity contribution >= 4 is 0 Å². The smallest absolute Gasteiger partial charge is 0.184 e. The van der Waals surface area contributed by atoms with Gasteiger partial charge in [0.2, 0.25) is 0 Å². The molecule has 0 radical (unpaired) electrons. The molecule has 1 aromatic rings. The summed E-state index contributed by atoms with van der Waals surface area (Å²) in [4.78, 5) is 2.48. The lowest BCUT2D eigenvalue weighted by molar-refractivity contribution is -0.0879. The van der Waals surface area contributed by atoms with Crippen molar-refractivity contribution in [3.05, 3.63) is 35.4 Å². The van der Waals surface area contributed by atoms with Gasteiger partial charge in [0, 0.05) is 17.6 Å². The monoisotopic (exact) mass is 303 g/mol. The number of aliphatic hydroxyl groups is 1. The molecule has 0 aromatic heterocycles. The summed E-state index contributed by atoms with van der Waals surface area (Å²) in [5.74, 6) is 0. The zero-order valence-corrected chi connectivity index (χ0v) is 13.2. The summed E-state index contributed by atoms with van der Waals surface area (Å²) in [6.07, 6.45) is 5.08. The summed E-state index contributed by atoms with van der Waals surface area (Å²) >= 11 is 0. The molecule has 0 spiro atoms. The van der Waals surface area contributed by atoms with E-state index in [0.29, 0.717) is 25.3 Å². The molecule has 3 saturated heterocycles. The highest BCUT2D eigenvalue weighted by Gasteiger charge is 2.45. The fourth-order valence-corrected chi connectivity index (χ4v) is 4.41. The molecule has 2 unspecified atom stereocenters. The molecule has 4 heteroatoms. The Kier molecular flexibility index (Phi) is 3.73. The van der Waals surface area contributed by atoms with E-state index in [0.717, 1.165) is 24.0 Å². The van der Waals surface area contributed by atoms with E-state index in [2.05, 4.69) is 24.1 Å². The van der Waals surface area contributed by atoms with Crippen LogP contribution in [0.4, 0.5) is 0 Å². The molecule has 3 aliphatic heterocycles. The van der Waals surface area contributed by atoms with E-state index in [-0.39, 0.29) is 6.29 Å². The van der Waals surface area contributed by atoms with Crippen molar-refractivity contribution in [2.45, 2.75) is 56.1 Å². The molecule has 22 heavy (non-hydrogen) atoms. The highest BCUT2D eigenvalue weighted by molar-refractivity contribution is 5.30. The summed E-state index contributed by atoms with van der Waals surface area (Å²) < 4.78 is 11.2. The third kappa shape index (κ3) is 2.48. The largest absolute Gasteiger partial charge is 0.385 e. The molecule has 1 aromatic carbocycles. The first kappa shape index (κ1) is 14.6. The lowest BCUT2D eigenvalue weighted by Crippen LogP contribution is -2.55. The maximum absolute atomic E-state index is 11.3. The molecule has 0 aliphatic carbocycles. The molecule has 3 heterocycles. The highest BCUT2D eigenvalue weighted by atomic mass is 16.7. The molecule has 0 saturated carbocycles. The fraction of sp³-hybridized carbons (Fsp3) is 0.667. The van der Waals surface area contributed by atoms with Gasteiger partial charge in [0.15, 0.2) is 6.29 Å². The summed E-state index contributed by atoms with van der Waals surface area (Å²) in [6, 6.07) is 9.18. The lowest BCUT2D eigenvalue weighted by Gasteiger charge is -2.51. The average Bonchev–Trinajstić information content (AvgIpc) is 3.04. The quantitative estimate of drug-likeness (QED) is 0.912. The van der Waals surface area contributed by atoms with Gasteiger partial charge in [0.25, 0.3) is 0 Å². The topological polar surface area (TPSA) is 41.9 Å². The van der Waals surface area contributed by atoms with Crippen LogP contribution in [0.2, 0.25) is 0 Å². The Bertz CT molecular complexity index is 527. The number of ether oxygens (including phenoxy) is 2. The van der Waals surface area contributed by atoms with Crippen molar-refractivity contribution in [2.75, 3.05) is 20.3 Å². The Hall–Kier alpha value is -0.940. The van der Waals surface area contributed by atoms with Crippen LogP contribution in [0, 0.1) is 0 Å². The lowest BCUT2D eigenvalue weighted by atomic mass is 9.72. The van der Waals surface area contributed by atoms with Gasteiger partial charge in [-0.05, 0) is 44.4 Å². The van der Waals surface area contributed by atoms with Crippen LogP contribution in [-0.2, 0) is 15.1 Å². The minimum absolute atomic E-state index is 0.269. The Morgan fingerprint density at radius 3 is 2.50 bits per heavy atom. The van der Waals surface area contributed by atoms with Gasteiger partial charge in [-0.2, -0.15) is 0 Å². The van der Waals surface area contributed by atoms with E-state index in [4.69, 9.17) is 9.47 Å². The SMILES string of the molecule is CN1C2CCCC1CC(O)(c1cccc(C3OCCO3)c1)C2. The first-order valence-corrected chi connectivity index (χ1v) is 8.44. The molecule has 4 nitrogen and oxygen atoms in total. The summed E-state index contributed by atoms with van der Waals surface area (Å²) in [7, 11) is 2.21. The van der Waals surface area contributed by atoms with Crippen LogP contribution < -0.4 is 0 Å². The minimum Gasteiger partial charge on any atom is -0.385 e. The van der Waals surface area contributed by atoms with Crippen molar-refractivity contribution < 1.29 is 14.6 Å². The first-order chi connectivity index (χ1) is 10.7. The van der Waals surface area contributed by atoms with Crippen LogP contribution in [0.25, 0.3) is 0 Å². The molecular weight excluding hydrogens is 278 g/mol. The van der Waals surface area contributed by atoms with E-state index in [1.165, 1.54) is 19.3 Å². The van der Waals surface area contributed by atoms with Crippen LogP contribution in [0.5, 0.6) is 0 Å². The van der Waals surface area contributed by atoms with E-state index >= 15 is 0 Å². The second-order valence-corrected chi connectivity index (χ2v) is 7.04. The van der Waals surface area contributed by atoms with Gasteiger partial charge in [0.1, 0.15) is 0 Å². The van der Waals surface area contributed by atoms with Crippen molar-refractivity contribution in [1.29, 1.82) is 0 Å². The molecule has 3 aliphatic rings. The predicted molar refractivity (Wildman–Crippen MR) is 83.4 cm³/mol. The third-order valence-electron chi connectivity index (χ3n) is 5.69. The number of benzene rings is 1. The molecule has 2 bridgehead atoms. The molecule has 4 rings (SSSR count). The van der Waals surface area contributed by atoms with Crippen LogP contribution in [0.15, 0.2) is 24.3 Å². The van der Waals surface area contributed by atoms with Gasteiger partial charge in [0.05, 0.1) is 18.8 Å². The van der Waals surface area contributed by atoms with Crippen molar-refractivity contribution in [3.8, 4) is 0 Å². The first-order valence-electron chi connectivity index (χ1n) is 8.44. The normalized spacial score (nSPS) is 36.6. The molecule has 3 fully saturated rings. The molecule has 120 valence electrons. The second-order valence-electron chi connectivity index (χ2n) is 7.04. The van der Waals surface area contributed by atoms with Gasteiger partial charge in [-0.15, -0.1) is 0 Å². The summed E-state index contributed by atoms with van der Waals surface area (Å²) in [6.45, 7) is 1.29. The van der Waals surface area contributed by atoms with Gasteiger partial charge < -0.3 is 19.5 Å². The third-order valence-corrected chi connectivity index (χ3v) is 5.69. The Morgan fingerprint density at radius 1 is 1.14 bits per heavy atom. The van der Waals surface area contributed by atoms with Crippen LogP contribution >= 0.6 is 0 Å². The molecular formula is C18H25NO3. The van der Waals surface area contributed by atoms with E-state index in [1.54, 1.807) is 0 Å². The zero-order valence-electron chi connectivity index (χ0n) is 13.2. The van der Waals surface area contributed by atoms with Crippen molar-refractivity contribution in [2.24, 2.45) is 0 Å². The molecule has 2 atom stereocenters. The Morgan fingerprint density at radius 2 is 1.82 bits per heavy atom. The number of hydrogen-bond acceptors (Lipinski definition) is 4. The maximum Gasteiger partial charge on any atom is 0.184 e. The Balaban J connectivity index is 1.62. The Labute approximate surface area is 132 Å². The number of fused-ring (bicyclic) bond motifs is 2. The van der Waals surface area contributed by atoms with Crippen LogP contribution in [0.1, 0.15) is 49.5 Å². The summed E-state index contributed by atoms with van der Waals surface area (Å²) in [5, 5.41) is 11.3. The number of piperidine rings is 2. The predicted octanol–water partition coefficient (Wildman–Crippen LogP) is 2.57. The molecule has 1 N–H and O–H groups in total. The van der Waals surface area contributed by atoms with E-state index in [1.807, 2.05) is 12.1 Å². The number of rotatable bonds is 2. The highest BCUT2D eigenvalue weighted by Crippen LogP contribution is 2.44. The van der Waals surface area contributed by atoms with Crippen molar-refractivity contribution in [3.63, 3.8) is 0 Å². The molecule has 0 amide bonds. The van der Waals surface area contributed by atoms with E-state index in [9.17, 15) is 5.11 Å². The minimum atomic E-state index is -0.711. The van der Waals surface area contributed by atoms with Gasteiger partial charge >= 0.3 is 0 Å². The van der Waals surface area contributed by atoms with Gasteiger partial charge in [-0.1, -0.05) is 24.6 Å². The van der Waals surface area contributed by atoms with Gasteiger partial charge in [-0.3, -0.25) is 0 Å². The van der Waals surface area contributed by atoms with Crippen LogP contribution in [0.3, 0.4) is 0 Å². The van der Waals surface area contributed by atoms with E-state index < -0.39 is 5.60 Å². The average molecular weight is 303 g/mol. The van der Waals surface area contributed by atoms with Crippen molar-refractivity contribution in [1.82, 2.24) is 4.90 Å². The number of hydrogen-bond donors (Lipinski definition) is 1. The number of nitrogens with zero attached hydrogens (tertiary/aromatic N) is 1. The second kappa shape index (κ2) is 5.60. The van der Waals surface area contributed by atoms with Gasteiger partial charge in [-0.25, -0.2) is 0 Å². The zero-order chi connectivity index (χ0) is 15.2.